The van der Waals surface area contributed by atoms with Gasteiger partial charge in [-0.15, -0.1) is 0 Å². The molecular weight excluding hydrogens is 526 g/mol. The first-order valence-corrected chi connectivity index (χ1v) is 14.4. The number of hydrogen-bond acceptors (Lipinski definition) is 7. The topological polar surface area (TPSA) is 125 Å². The van der Waals surface area contributed by atoms with E-state index < -0.39 is 53.6 Å². The molecule has 1 aromatic carbocycles. The maximum absolute atomic E-state index is 14.8. The van der Waals surface area contributed by atoms with Gasteiger partial charge in [-0.3, -0.25) is 19.2 Å². The van der Waals surface area contributed by atoms with E-state index in [2.05, 4.69) is 5.32 Å². The second-order valence-corrected chi connectivity index (χ2v) is 11.5. The summed E-state index contributed by atoms with van der Waals surface area (Å²) in [5, 5.41) is 13.1. The average molecular weight is 566 g/mol. The third-order valence-corrected chi connectivity index (χ3v) is 8.71. The van der Waals surface area contributed by atoms with Gasteiger partial charge in [-0.25, -0.2) is 0 Å². The Labute approximate surface area is 240 Å². The molecule has 220 valence electrons. The van der Waals surface area contributed by atoms with Crippen molar-refractivity contribution in [2.24, 2.45) is 11.8 Å². The number of amides is 3. The van der Waals surface area contributed by atoms with Crippen LogP contribution in [0.2, 0.25) is 0 Å². The minimum atomic E-state index is -1.38. The molecule has 2 saturated heterocycles. The van der Waals surface area contributed by atoms with Crippen LogP contribution in [0, 0.1) is 25.7 Å². The van der Waals surface area contributed by atoms with Gasteiger partial charge in [0.1, 0.15) is 23.7 Å². The number of esters is 1. The van der Waals surface area contributed by atoms with Crippen LogP contribution in [0.25, 0.3) is 0 Å². The Morgan fingerprint density at radius 1 is 1.15 bits per heavy atom. The van der Waals surface area contributed by atoms with Crippen LogP contribution in [0.3, 0.4) is 0 Å². The van der Waals surface area contributed by atoms with Crippen molar-refractivity contribution >= 4 is 29.4 Å². The highest BCUT2D eigenvalue weighted by Gasteiger charge is 2.74. The number of anilines is 1. The summed E-state index contributed by atoms with van der Waals surface area (Å²) in [7, 11) is 0. The van der Waals surface area contributed by atoms with Crippen LogP contribution in [0.5, 0.6) is 0 Å². The quantitative estimate of drug-likeness (QED) is 0.422. The lowest BCUT2D eigenvalue weighted by Gasteiger charge is -2.39. The molecule has 5 rings (SSSR count). The number of rotatable bonds is 4. The highest BCUT2D eigenvalue weighted by molar-refractivity contribution is 6.05. The van der Waals surface area contributed by atoms with Crippen LogP contribution >= 0.6 is 0 Å². The van der Waals surface area contributed by atoms with Crippen molar-refractivity contribution in [2.75, 3.05) is 24.6 Å². The number of nitrogens with one attached hydrogen (secondary N) is 1. The number of allylic oxidation sites excluding steroid dienone is 1. The fourth-order valence-corrected chi connectivity index (χ4v) is 6.61. The summed E-state index contributed by atoms with van der Waals surface area (Å²) >= 11 is 0. The Morgan fingerprint density at radius 3 is 2.66 bits per heavy atom. The van der Waals surface area contributed by atoms with Gasteiger partial charge < -0.3 is 29.7 Å². The van der Waals surface area contributed by atoms with E-state index in [0.29, 0.717) is 18.5 Å². The van der Waals surface area contributed by atoms with Crippen molar-refractivity contribution in [2.45, 2.75) is 76.9 Å². The van der Waals surface area contributed by atoms with Crippen molar-refractivity contribution < 1.29 is 33.8 Å². The van der Waals surface area contributed by atoms with E-state index in [1.807, 2.05) is 51.1 Å². The molecule has 10 heteroatoms. The van der Waals surface area contributed by atoms with Crippen LogP contribution < -0.4 is 10.2 Å². The predicted octanol–water partition coefficient (Wildman–Crippen LogP) is 1.96. The number of aliphatic hydroxyl groups is 1. The number of cyclic esters (lactones) is 1. The van der Waals surface area contributed by atoms with Crippen LogP contribution in [0.15, 0.2) is 42.5 Å². The molecule has 2 N–H and O–H groups in total. The molecule has 0 aromatic heterocycles. The summed E-state index contributed by atoms with van der Waals surface area (Å²) in [4.78, 5) is 58.0. The molecule has 4 aliphatic heterocycles. The van der Waals surface area contributed by atoms with Crippen molar-refractivity contribution in [3.8, 4) is 0 Å². The van der Waals surface area contributed by atoms with Gasteiger partial charge in [0, 0.05) is 18.7 Å². The zero-order valence-corrected chi connectivity index (χ0v) is 24.0. The molecule has 0 radical (unpaired) electrons. The van der Waals surface area contributed by atoms with Crippen molar-refractivity contribution in [1.29, 1.82) is 0 Å². The number of nitrogens with zero attached hydrogens (tertiary/aromatic N) is 2. The van der Waals surface area contributed by atoms with Crippen LogP contribution in [-0.2, 0) is 28.7 Å². The van der Waals surface area contributed by atoms with Gasteiger partial charge in [0.05, 0.1) is 31.2 Å². The SMILES string of the molecule is CC[C@@H](CO)N1C(=O)[C@H]2[C@@H]3C(=O)O[C@H](C)CNC(=O)CC/C=C\CN(c4cc(C)ccc4C)C(=O)[C@H]1[C@@]21C=C[C@@H]3O1. The van der Waals surface area contributed by atoms with E-state index in [1.54, 1.807) is 24.0 Å². The van der Waals surface area contributed by atoms with Crippen LogP contribution in [0.1, 0.15) is 44.2 Å². The summed E-state index contributed by atoms with van der Waals surface area (Å²) in [5.41, 5.74) is 1.16. The molecule has 1 aromatic rings. The molecule has 5 bridgehead atoms. The number of aryl methyl sites for hydroxylation is 2. The molecule has 0 aliphatic carbocycles. The normalized spacial score (nSPS) is 33.5. The molecule has 0 saturated carbocycles. The number of fused-ring (bicyclic) bond motifs is 2. The fourth-order valence-electron chi connectivity index (χ4n) is 6.61. The molecule has 41 heavy (non-hydrogen) atoms. The van der Waals surface area contributed by atoms with Gasteiger partial charge in [0.25, 0.3) is 5.91 Å². The molecule has 1 spiro atoms. The minimum Gasteiger partial charge on any atom is -0.460 e. The first-order chi connectivity index (χ1) is 19.6. The highest BCUT2D eigenvalue weighted by Crippen LogP contribution is 2.56. The summed E-state index contributed by atoms with van der Waals surface area (Å²) in [6.07, 6.45) is 6.99. The van der Waals surface area contributed by atoms with E-state index in [0.717, 1.165) is 11.1 Å². The maximum atomic E-state index is 14.8. The Bertz CT molecular complexity index is 1290. The summed E-state index contributed by atoms with van der Waals surface area (Å²) < 4.78 is 12.1. The lowest BCUT2D eigenvalue weighted by atomic mass is 9.74. The largest absolute Gasteiger partial charge is 0.460 e. The predicted molar refractivity (Wildman–Crippen MR) is 151 cm³/mol. The average Bonchev–Trinajstić information content (AvgIpc) is 3.59. The number of ether oxygens (including phenoxy) is 2. The van der Waals surface area contributed by atoms with E-state index in [4.69, 9.17) is 9.47 Å². The fraction of sp³-hybridized carbons (Fsp3) is 0.548. The first-order valence-electron chi connectivity index (χ1n) is 14.4. The second kappa shape index (κ2) is 11.4. The minimum absolute atomic E-state index is 0.141. The lowest BCUT2D eigenvalue weighted by Crippen LogP contribution is -2.58. The number of aliphatic hydroxyl groups excluding tert-OH is 1. The highest BCUT2D eigenvalue weighted by atomic mass is 16.6. The second-order valence-electron chi connectivity index (χ2n) is 11.5. The monoisotopic (exact) mass is 565 g/mol. The van der Waals surface area contributed by atoms with E-state index in [1.165, 1.54) is 4.90 Å². The number of hydrogen-bond donors (Lipinski definition) is 2. The smallest absolute Gasteiger partial charge is 0.313 e. The zero-order valence-electron chi connectivity index (χ0n) is 24.0. The van der Waals surface area contributed by atoms with Crippen molar-refractivity contribution in [3.05, 3.63) is 53.6 Å². The first kappa shape index (κ1) is 29.0. The summed E-state index contributed by atoms with van der Waals surface area (Å²) in [6.45, 7) is 7.41. The molecule has 10 nitrogen and oxygen atoms in total. The maximum Gasteiger partial charge on any atom is 0.313 e. The van der Waals surface area contributed by atoms with Gasteiger partial charge in [-0.1, -0.05) is 43.4 Å². The molecule has 3 amide bonds. The van der Waals surface area contributed by atoms with Crippen LogP contribution in [0.4, 0.5) is 5.69 Å². The van der Waals surface area contributed by atoms with Crippen molar-refractivity contribution in [1.82, 2.24) is 10.2 Å². The van der Waals surface area contributed by atoms with Crippen molar-refractivity contribution in [3.63, 3.8) is 0 Å². The Morgan fingerprint density at radius 2 is 1.93 bits per heavy atom. The van der Waals surface area contributed by atoms with Gasteiger partial charge in [0.15, 0.2) is 0 Å². The van der Waals surface area contributed by atoms with Gasteiger partial charge in [-0.2, -0.15) is 0 Å². The lowest BCUT2D eigenvalue weighted by molar-refractivity contribution is -0.159. The van der Waals surface area contributed by atoms with Crippen LogP contribution in [-0.4, -0.2) is 83.3 Å². The Kier molecular flexibility index (Phi) is 8.07. The Hall–Kier alpha value is -3.50. The summed E-state index contributed by atoms with van der Waals surface area (Å²) in [5.74, 6) is -3.48. The zero-order chi connectivity index (χ0) is 29.5. The number of benzene rings is 1. The number of likely N-dealkylation sites (tertiary alicyclic amines) is 1. The standard InChI is InChI=1S/C31H39N3O7/c1-5-21(17-35)34-27-29(38)33(22-15-18(2)10-11-19(22)3)14-8-6-7-9-24(36)32-16-20(4)40-30(39)25-23-12-13-31(27,41-23)26(25)28(34)37/h6,8,10-13,15,20-21,23,25-27,35H,5,7,9,14,16-17H2,1-4H3,(H,32,36)/b8-6-/t20-,21+,23+,25-,26-,27+,31-/m1/s1. The Balaban J connectivity index is 1.64. The number of carbonyl (C=O) groups is 4. The van der Waals surface area contributed by atoms with Gasteiger partial charge >= 0.3 is 5.97 Å². The number of carbonyl (C=O) groups excluding carboxylic acids is 4. The van der Waals surface area contributed by atoms with E-state index in [9.17, 15) is 24.3 Å². The molecule has 2 fully saturated rings. The molecule has 0 unspecified atom stereocenters. The molecule has 7 atom stereocenters. The van der Waals surface area contributed by atoms with E-state index >= 15 is 0 Å². The molecule has 4 heterocycles. The third kappa shape index (κ3) is 4.97. The van der Waals surface area contributed by atoms with Gasteiger partial charge in [-0.05, 0) is 50.8 Å². The third-order valence-electron chi connectivity index (χ3n) is 8.71. The summed E-state index contributed by atoms with van der Waals surface area (Å²) in [6, 6.07) is 4.11. The van der Waals surface area contributed by atoms with E-state index in [-0.39, 0.29) is 37.9 Å². The molecule has 4 aliphatic rings. The van der Waals surface area contributed by atoms with Gasteiger partial charge in [0.2, 0.25) is 11.8 Å². The molecular formula is C31H39N3O7.